The fourth-order valence-corrected chi connectivity index (χ4v) is 1.71. The Bertz CT molecular complexity index is 333. The quantitative estimate of drug-likeness (QED) is 0.876. The van der Waals surface area contributed by atoms with Gasteiger partial charge in [0.25, 0.3) is 6.43 Å². The van der Waals surface area contributed by atoms with Crippen molar-refractivity contribution >= 4 is 15.9 Å². The standard InChI is InChI=1S/C8H9BrF2N2O/c9-7-4(1-12)5(8(10)11)2-13-6(7)3-14/h2,8,14H,1,3,12H2. The van der Waals surface area contributed by atoms with Crippen molar-refractivity contribution in [1.82, 2.24) is 4.98 Å². The van der Waals surface area contributed by atoms with Crippen molar-refractivity contribution in [1.29, 1.82) is 0 Å². The topological polar surface area (TPSA) is 59.1 Å². The Morgan fingerprint density at radius 2 is 2.21 bits per heavy atom. The summed E-state index contributed by atoms with van der Waals surface area (Å²) < 4.78 is 25.3. The number of alkyl halides is 2. The van der Waals surface area contributed by atoms with Gasteiger partial charge >= 0.3 is 0 Å². The zero-order valence-electron chi connectivity index (χ0n) is 7.17. The van der Waals surface area contributed by atoms with Crippen LogP contribution in [0.3, 0.4) is 0 Å². The molecule has 0 saturated carbocycles. The van der Waals surface area contributed by atoms with Crippen LogP contribution in [0.15, 0.2) is 10.7 Å². The average Bonchev–Trinajstić information content (AvgIpc) is 2.17. The molecule has 0 fully saturated rings. The van der Waals surface area contributed by atoms with Gasteiger partial charge in [-0.1, -0.05) is 0 Å². The number of hydrogen-bond acceptors (Lipinski definition) is 3. The molecule has 0 amide bonds. The van der Waals surface area contributed by atoms with E-state index >= 15 is 0 Å². The van der Waals surface area contributed by atoms with E-state index in [9.17, 15) is 8.78 Å². The van der Waals surface area contributed by atoms with Crippen LogP contribution < -0.4 is 5.73 Å². The average molecular weight is 267 g/mol. The molecule has 0 aliphatic carbocycles. The maximum absolute atomic E-state index is 12.5. The summed E-state index contributed by atoms with van der Waals surface area (Å²) in [5, 5.41) is 8.85. The molecule has 1 heterocycles. The van der Waals surface area contributed by atoms with Crippen LogP contribution in [0.25, 0.3) is 0 Å². The second kappa shape index (κ2) is 4.77. The maximum Gasteiger partial charge on any atom is 0.265 e. The third kappa shape index (κ3) is 2.08. The van der Waals surface area contributed by atoms with E-state index in [0.29, 0.717) is 15.7 Å². The zero-order valence-corrected chi connectivity index (χ0v) is 8.76. The summed E-state index contributed by atoms with van der Waals surface area (Å²) >= 11 is 3.08. The molecule has 0 atom stereocenters. The second-order valence-electron chi connectivity index (χ2n) is 2.62. The Balaban J connectivity index is 3.28. The van der Waals surface area contributed by atoms with Crippen LogP contribution in [-0.2, 0) is 13.2 Å². The Kier molecular flexibility index (Phi) is 3.91. The molecular weight excluding hydrogens is 258 g/mol. The van der Waals surface area contributed by atoms with Gasteiger partial charge in [-0.2, -0.15) is 0 Å². The number of aliphatic hydroxyl groups excluding tert-OH is 1. The first-order valence-electron chi connectivity index (χ1n) is 3.87. The summed E-state index contributed by atoms with van der Waals surface area (Å²) in [5.41, 5.74) is 5.75. The van der Waals surface area contributed by atoms with Gasteiger partial charge in [0.2, 0.25) is 0 Å². The fraction of sp³-hybridized carbons (Fsp3) is 0.375. The molecule has 0 aromatic carbocycles. The number of nitrogens with two attached hydrogens (primary N) is 1. The monoisotopic (exact) mass is 266 g/mol. The molecule has 0 aliphatic rings. The highest BCUT2D eigenvalue weighted by molar-refractivity contribution is 9.10. The van der Waals surface area contributed by atoms with Crippen LogP contribution >= 0.6 is 15.9 Å². The van der Waals surface area contributed by atoms with E-state index in [-0.39, 0.29) is 18.7 Å². The lowest BCUT2D eigenvalue weighted by molar-refractivity contribution is 0.149. The molecule has 0 aliphatic heterocycles. The van der Waals surface area contributed by atoms with Gasteiger partial charge in [0.05, 0.1) is 12.3 Å². The molecule has 1 aromatic heterocycles. The lowest BCUT2D eigenvalue weighted by Gasteiger charge is -2.10. The summed E-state index contributed by atoms with van der Waals surface area (Å²) in [7, 11) is 0. The first kappa shape index (κ1) is 11.5. The lowest BCUT2D eigenvalue weighted by Crippen LogP contribution is -2.07. The lowest BCUT2D eigenvalue weighted by atomic mass is 10.1. The van der Waals surface area contributed by atoms with E-state index < -0.39 is 6.43 Å². The third-order valence-electron chi connectivity index (χ3n) is 1.82. The highest BCUT2D eigenvalue weighted by atomic mass is 79.9. The largest absolute Gasteiger partial charge is 0.390 e. The minimum atomic E-state index is -2.61. The van der Waals surface area contributed by atoms with E-state index in [1.807, 2.05) is 0 Å². The number of nitrogens with zero attached hydrogens (tertiary/aromatic N) is 1. The number of aromatic nitrogens is 1. The number of hydrogen-bond donors (Lipinski definition) is 2. The Morgan fingerprint density at radius 3 is 2.64 bits per heavy atom. The molecule has 3 nitrogen and oxygen atoms in total. The Labute approximate surface area is 88.1 Å². The van der Waals surface area contributed by atoms with E-state index in [1.165, 1.54) is 0 Å². The fourth-order valence-electron chi connectivity index (χ4n) is 1.09. The van der Waals surface area contributed by atoms with Crippen LogP contribution in [0, 0.1) is 0 Å². The predicted octanol–water partition coefficient (Wildman–Crippen LogP) is 1.73. The van der Waals surface area contributed by atoms with Gasteiger partial charge in [0.1, 0.15) is 0 Å². The molecular formula is C8H9BrF2N2O. The molecule has 0 saturated heterocycles. The number of aliphatic hydroxyl groups is 1. The number of halogens is 3. The Morgan fingerprint density at radius 1 is 1.57 bits per heavy atom. The van der Waals surface area contributed by atoms with E-state index in [2.05, 4.69) is 20.9 Å². The zero-order chi connectivity index (χ0) is 10.7. The van der Waals surface area contributed by atoms with Crippen molar-refractivity contribution in [2.24, 2.45) is 5.73 Å². The smallest absolute Gasteiger partial charge is 0.265 e. The van der Waals surface area contributed by atoms with E-state index in [4.69, 9.17) is 10.8 Å². The van der Waals surface area contributed by atoms with E-state index in [0.717, 1.165) is 6.20 Å². The first-order valence-corrected chi connectivity index (χ1v) is 4.66. The van der Waals surface area contributed by atoms with Crippen molar-refractivity contribution in [2.75, 3.05) is 0 Å². The third-order valence-corrected chi connectivity index (χ3v) is 2.75. The summed E-state index contributed by atoms with van der Waals surface area (Å²) in [6.07, 6.45) is -1.56. The highest BCUT2D eigenvalue weighted by Crippen LogP contribution is 2.29. The summed E-state index contributed by atoms with van der Waals surface area (Å²) in [6, 6.07) is 0. The minimum absolute atomic E-state index is 0.0181. The number of rotatable bonds is 3. The summed E-state index contributed by atoms with van der Waals surface area (Å²) in [6.45, 7) is -0.327. The van der Waals surface area contributed by atoms with Gasteiger partial charge in [-0.3, -0.25) is 4.98 Å². The van der Waals surface area contributed by atoms with Crippen molar-refractivity contribution < 1.29 is 13.9 Å². The van der Waals surface area contributed by atoms with Crippen molar-refractivity contribution in [3.8, 4) is 0 Å². The van der Waals surface area contributed by atoms with Crippen molar-refractivity contribution in [2.45, 2.75) is 19.6 Å². The van der Waals surface area contributed by atoms with E-state index in [1.54, 1.807) is 0 Å². The molecule has 0 unspecified atom stereocenters. The van der Waals surface area contributed by atoms with Crippen LogP contribution in [-0.4, -0.2) is 10.1 Å². The van der Waals surface area contributed by atoms with Crippen LogP contribution in [0.5, 0.6) is 0 Å². The molecule has 0 bridgehead atoms. The first-order chi connectivity index (χ1) is 6.61. The van der Waals surface area contributed by atoms with Crippen molar-refractivity contribution in [3.63, 3.8) is 0 Å². The summed E-state index contributed by atoms with van der Waals surface area (Å²) in [5.74, 6) is 0. The van der Waals surface area contributed by atoms with Crippen LogP contribution in [0.2, 0.25) is 0 Å². The van der Waals surface area contributed by atoms with Crippen molar-refractivity contribution in [3.05, 3.63) is 27.5 Å². The molecule has 1 aromatic rings. The molecule has 78 valence electrons. The predicted molar refractivity (Wildman–Crippen MR) is 50.7 cm³/mol. The van der Waals surface area contributed by atoms with Gasteiger partial charge < -0.3 is 10.8 Å². The number of pyridine rings is 1. The molecule has 1 rings (SSSR count). The SMILES string of the molecule is NCc1c(C(F)F)cnc(CO)c1Br. The molecule has 0 spiro atoms. The van der Waals surface area contributed by atoms with Gasteiger partial charge in [-0.25, -0.2) is 8.78 Å². The van der Waals surface area contributed by atoms with Crippen LogP contribution in [0.1, 0.15) is 23.2 Å². The normalized spacial score (nSPS) is 11.0. The molecule has 0 radical (unpaired) electrons. The van der Waals surface area contributed by atoms with Crippen LogP contribution in [0.4, 0.5) is 8.78 Å². The molecule has 6 heteroatoms. The maximum atomic E-state index is 12.5. The highest BCUT2D eigenvalue weighted by Gasteiger charge is 2.17. The van der Waals surface area contributed by atoms with Gasteiger partial charge in [0, 0.05) is 22.8 Å². The molecule has 14 heavy (non-hydrogen) atoms. The van der Waals surface area contributed by atoms with Gasteiger partial charge in [-0.15, -0.1) is 0 Å². The van der Waals surface area contributed by atoms with Gasteiger partial charge in [-0.05, 0) is 21.5 Å². The molecule has 3 N–H and O–H groups in total. The van der Waals surface area contributed by atoms with Gasteiger partial charge in [0.15, 0.2) is 0 Å². The second-order valence-corrected chi connectivity index (χ2v) is 3.41. The summed E-state index contributed by atoms with van der Waals surface area (Å²) in [4.78, 5) is 3.69. The minimum Gasteiger partial charge on any atom is -0.390 e. The Hall–Kier alpha value is -0.590.